The van der Waals surface area contributed by atoms with Gasteiger partial charge < -0.3 is 9.47 Å². The van der Waals surface area contributed by atoms with Gasteiger partial charge in [-0.15, -0.1) is 0 Å². The van der Waals surface area contributed by atoms with E-state index in [4.69, 9.17) is 9.47 Å². The Morgan fingerprint density at radius 3 is 2.50 bits per heavy atom. The Morgan fingerprint density at radius 2 is 1.86 bits per heavy atom. The molecule has 4 heteroatoms. The minimum Gasteiger partial charge on any atom is -0.462 e. The maximum absolute atomic E-state index is 11.4. The van der Waals surface area contributed by atoms with E-state index in [1.54, 1.807) is 0 Å². The molecule has 1 aromatic rings. The smallest absolute Gasteiger partial charge is 0.303 e. The van der Waals surface area contributed by atoms with Gasteiger partial charge in [0.25, 0.3) is 0 Å². The molecule has 0 spiro atoms. The van der Waals surface area contributed by atoms with Gasteiger partial charge in [-0.3, -0.25) is 9.59 Å². The lowest BCUT2D eigenvalue weighted by molar-refractivity contribution is -0.154. The average molecular weight is 302 g/mol. The summed E-state index contributed by atoms with van der Waals surface area (Å²) in [5.74, 6) is -0.588. The van der Waals surface area contributed by atoms with Crippen LogP contribution < -0.4 is 0 Å². The average Bonchev–Trinajstić information content (AvgIpc) is 2.91. The fraction of sp³-hybridized carbons (Fsp3) is 0.444. The quantitative estimate of drug-likeness (QED) is 0.783. The number of carbonyl (C=O) groups is 2. The van der Waals surface area contributed by atoms with Gasteiger partial charge in [0.05, 0.1) is 0 Å². The molecule has 1 aliphatic rings. The molecular formula is C18H22O4. The number of benzene rings is 1. The van der Waals surface area contributed by atoms with Crippen molar-refractivity contribution in [3.05, 3.63) is 42.0 Å². The van der Waals surface area contributed by atoms with Crippen LogP contribution in [0.2, 0.25) is 0 Å². The Kier molecular flexibility index (Phi) is 5.75. The lowest BCUT2D eigenvalue weighted by Gasteiger charge is -2.25. The van der Waals surface area contributed by atoms with Crippen LogP contribution in [0.15, 0.2) is 36.4 Å². The molecule has 2 rings (SSSR count). The summed E-state index contributed by atoms with van der Waals surface area (Å²) >= 11 is 0. The number of rotatable bonds is 5. The minimum absolute atomic E-state index is 0.0211. The monoisotopic (exact) mass is 302 g/mol. The molecular weight excluding hydrogens is 280 g/mol. The van der Waals surface area contributed by atoms with Crippen molar-refractivity contribution >= 4 is 18.0 Å². The molecule has 0 aliphatic heterocycles. The summed E-state index contributed by atoms with van der Waals surface area (Å²) in [6, 6.07) is 9.84. The van der Waals surface area contributed by atoms with E-state index in [0.29, 0.717) is 0 Å². The predicted molar refractivity (Wildman–Crippen MR) is 83.9 cm³/mol. The Labute approximate surface area is 131 Å². The number of carbonyl (C=O) groups excluding carboxylic acids is 2. The van der Waals surface area contributed by atoms with Crippen molar-refractivity contribution in [1.82, 2.24) is 0 Å². The normalized spacial score (nSPS) is 22.5. The summed E-state index contributed by atoms with van der Waals surface area (Å²) in [4.78, 5) is 22.6. The highest BCUT2D eigenvalue weighted by Gasteiger charge is 2.36. The number of hydrogen-bond acceptors (Lipinski definition) is 4. The third-order valence-electron chi connectivity index (χ3n) is 3.82. The van der Waals surface area contributed by atoms with E-state index in [0.717, 1.165) is 24.8 Å². The molecule has 1 saturated carbocycles. The molecule has 4 nitrogen and oxygen atoms in total. The van der Waals surface area contributed by atoms with Crippen LogP contribution in [0.1, 0.15) is 38.7 Å². The fourth-order valence-electron chi connectivity index (χ4n) is 2.92. The molecule has 1 aliphatic carbocycles. The molecule has 0 radical (unpaired) electrons. The van der Waals surface area contributed by atoms with Crippen molar-refractivity contribution in [2.24, 2.45) is 5.92 Å². The highest BCUT2D eigenvalue weighted by atomic mass is 16.6. The molecule has 22 heavy (non-hydrogen) atoms. The van der Waals surface area contributed by atoms with Crippen molar-refractivity contribution < 1.29 is 19.1 Å². The summed E-state index contributed by atoms with van der Waals surface area (Å²) in [6.07, 6.45) is 5.96. The SMILES string of the molecule is CC(=O)O[C@H](/C=C/c1ccccc1)[C@H]1CCC[C@H]1OC(C)=O. The summed E-state index contributed by atoms with van der Waals surface area (Å²) < 4.78 is 10.8. The van der Waals surface area contributed by atoms with Crippen LogP contribution in [0.25, 0.3) is 6.08 Å². The van der Waals surface area contributed by atoms with E-state index in [-0.39, 0.29) is 30.1 Å². The Morgan fingerprint density at radius 1 is 1.14 bits per heavy atom. The molecule has 0 heterocycles. The number of ether oxygens (including phenoxy) is 2. The molecule has 0 saturated heterocycles. The Hall–Kier alpha value is -2.10. The van der Waals surface area contributed by atoms with E-state index in [1.807, 2.05) is 42.5 Å². The van der Waals surface area contributed by atoms with Gasteiger partial charge in [-0.05, 0) is 30.9 Å². The maximum atomic E-state index is 11.4. The van der Waals surface area contributed by atoms with Crippen LogP contribution in [0.3, 0.4) is 0 Å². The van der Waals surface area contributed by atoms with E-state index < -0.39 is 0 Å². The van der Waals surface area contributed by atoms with Crippen LogP contribution in [-0.4, -0.2) is 24.1 Å². The van der Waals surface area contributed by atoms with Crippen LogP contribution in [-0.2, 0) is 19.1 Å². The molecule has 0 aromatic heterocycles. The van der Waals surface area contributed by atoms with E-state index in [2.05, 4.69) is 0 Å². The predicted octanol–water partition coefficient (Wildman–Crippen LogP) is 3.36. The molecule has 0 amide bonds. The Bertz CT molecular complexity index is 535. The first-order valence-electron chi connectivity index (χ1n) is 7.64. The van der Waals surface area contributed by atoms with Crippen molar-refractivity contribution in [3.8, 4) is 0 Å². The van der Waals surface area contributed by atoms with Gasteiger partial charge in [0.15, 0.2) is 0 Å². The van der Waals surface area contributed by atoms with Gasteiger partial charge in [0.2, 0.25) is 0 Å². The lowest BCUT2D eigenvalue weighted by atomic mass is 9.97. The second kappa shape index (κ2) is 7.78. The first kappa shape index (κ1) is 16.3. The van der Waals surface area contributed by atoms with Crippen molar-refractivity contribution in [3.63, 3.8) is 0 Å². The highest BCUT2D eigenvalue weighted by Crippen LogP contribution is 2.33. The number of esters is 2. The van der Waals surface area contributed by atoms with E-state index in [1.165, 1.54) is 13.8 Å². The molecule has 118 valence electrons. The standard InChI is InChI=1S/C18H22O4/c1-13(19)21-17-10-6-9-16(17)18(22-14(2)20)12-11-15-7-4-3-5-8-15/h3-5,7-8,11-12,16-18H,6,9-10H2,1-2H3/b12-11+/t16-,17+,18+/m0/s1. The number of hydrogen-bond donors (Lipinski definition) is 0. The van der Waals surface area contributed by atoms with Crippen LogP contribution >= 0.6 is 0 Å². The molecule has 0 N–H and O–H groups in total. The molecule has 1 aromatic carbocycles. The zero-order valence-corrected chi connectivity index (χ0v) is 13.0. The molecule has 3 atom stereocenters. The second-order valence-corrected chi connectivity index (χ2v) is 5.59. The van der Waals surface area contributed by atoms with Gasteiger partial charge in [0, 0.05) is 19.8 Å². The summed E-state index contributed by atoms with van der Waals surface area (Å²) in [5.41, 5.74) is 1.04. The Balaban J connectivity index is 2.13. The van der Waals surface area contributed by atoms with Crippen molar-refractivity contribution in [2.75, 3.05) is 0 Å². The largest absolute Gasteiger partial charge is 0.462 e. The van der Waals surface area contributed by atoms with E-state index in [9.17, 15) is 9.59 Å². The maximum Gasteiger partial charge on any atom is 0.303 e. The molecule has 1 fully saturated rings. The van der Waals surface area contributed by atoms with Gasteiger partial charge in [-0.2, -0.15) is 0 Å². The van der Waals surface area contributed by atoms with Gasteiger partial charge in [-0.1, -0.05) is 36.4 Å². The van der Waals surface area contributed by atoms with E-state index >= 15 is 0 Å². The topological polar surface area (TPSA) is 52.6 Å². The molecule has 0 unspecified atom stereocenters. The third kappa shape index (κ3) is 4.72. The zero-order chi connectivity index (χ0) is 15.9. The van der Waals surface area contributed by atoms with Crippen LogP contribution in [0.4, 0.5) is 0 Å². The van der Waals surface area contributed by atoms with Gasteiger partial charge in [-0.25, -0.2) is 0 Å². The minimum atomic E-state index is -0.371. The first-order chi connectivity index (χ1) is 10.6. The zero-order valence-electron chi connectivity index (χ0n) is 13.0. The van der Waals surface area contributed by atoms with Crippen LogP contribution in [0.5, 0.6) is 0 Å². The van der Waals surface area contributed by atoms with Crippen LogP contribution in [0, 0.1) is 5.92 Å². The summed E-state index contributed by atoms with van der Waals surface area (Å²) in [5, 5.41) is 0. The fourth-order valence-corrected chi connectivity index (χ4v) is 2.92. The van der Waals surface area contributed by atoms with Gasteiger partial charge >= 0.3 is 11.9 Å². The van der Waals surface area contributed by atoms with Gasteiger partial charge in [0.1, 0.15) is 12.2 Å². The molecule has 0 bridgehead atoms. The summed E-state index contributed by atoms with van der Waals surface area (Å²) in [6.45, 7) is 2.81. The lowest BCUT2D eigenvalue weighted by Crippen LogP contribution is -2.32. The van der Waals surface area contributed by atoms with Crippen molar-refractivity contribution in [2.45, 2.75) is 45.3 Å². The summed E-state index contributed by atoms with van der Waals surface area (Å²) in [7, 11) is 0. The third-order valence-corrected chi connectivity index (χ3v) is 3.82. The second-order valence-electron chi connectivity index (χ2n) is 5.59. The van der Waals surface area contributed by atoms with Crippen molar-refractivity contribution in [1.29, 1.82) is 0 Å². The highest BCUT2D eigenvalue weighted by molar-refractivity contribution is 5.67. The first-order valence-corrected chi connectivity index (χ1v) is 7.64.